The van der Waals surface area contributed by atoms with E-state index in [1.807, 2.05) is 116 Å². The summed E-state index contributed by atoms with van der Waals surface area (Å²) in [7, 11) is 3.15. The lowest BCUT2D eigenvalue weighted by molar-refractivity contribution is -0.385. The van der Waals surface area contributed by atoms with Gasteiger partial charge in [-0.2, -0.15) is 0 Å². The first-order chi connectivity index (χ1) is 64.6. The number of aromatic nitrogens is 2. The molecule has 14 nitrogen and oxygen atoms in total. The minimum atomic E-state index is -1.40. The number of rotatable bonds is 12. The number of ether oxygens (including phenoxy) is 3. The lowest BCUT2D eigenvalue weighted by atomic mass is 9.77. The molecule has 2 aromatic heterocycles. The maximum atomic E-state index is 11.3. The van der Waals surface area contributed by atoms with E-state index in [1.165, 1.54) is 115 Å². The average Bonchev–Trinajstić information content (AvgIpc) is 1.57. The van der Waals surface area contributed by atoms with Gasteiger partial charge in [0.15, 0.2) is 0 Å². The van der Waals surface area contributed by atoms with E-state index in [-0.39, 0.29) is 16.3 Å². The van der Waals surface area contributed by atoms with Crippen LogP contribution >= 0.6 is 23.9 Å². The van der Waals surface area contributed by atoms with Crippen molar-refractivity contribution in [1.29, 1.82) is 0 Å². The second-order valence-corrected chi connectivity index (χ2v) is 34.5. The molecule has 20 aromatic carbocycles. The fourth-order valence-electron chi connectivity index (χ4n) is 17.3. The van der Waals surface area contributed by atoms with Crippen LogP contribution in [-0.2, 0) is 6.42 Å². The van der Waals surface area contributed by atoms with Crippen LogP contribution in [0.2, 0.25) is 0 Å². The van der Waals surface area contributed by atoms with Gasteiger partial charge in [-0.3, -0.25) is 20.2 Å². The SMILES string of the molecule is COc1ccc([N+](=O)[O-])c(-c2cccc3ccccc23)c1.COc1ccc2c(c1)-c1c(ccc3ccccc13)C2.COc1ccc2c(c1)c1c3ccccc3ccc1n2-c1ccccc1.Cc1ccc([N+](=O)[O-])c(Br)c1.OB(O)c1cccc2ccccc12.Oc1ccc2c(c1)c1c3ccccc3ccc1n2-c1ccccc1.c1ccc(P(c2ccccc2)c2ccccc2)cc1. The topological polar surface area (TPSA) is 185 Å². The first-order valence-electron chi connectivity index (χ1n) is 43.1. The molecule has 2 heterocycles. The van der Waals surface area contributed by atoms with Crippen molar-refractivity contribution < 1.29 is 39.2 Å². The summed E-state index contributed by atoms with van der Waals surface area (Å²) in [6.07, 6.45) is 1.03. The van der Waals surface area contributed by atoms with Crippen molar-refractivity contribution in [1.82, 2.24) is 9.13 Å². The average molecular weight is 1810 g/mol. The van der Waals surface area contributed by atoms with Crippen LogP contribution < -0.4 is 35.6 Å². The maximum absolute atomic E-state index is 11.3. The number of aromatic hydroxyl groups is 1. The molecule has 1 aliphatic carbocycles. The van der Waals surface area contributed by atoms with Gasteiger partial charge in [-0.15, -0.1) is 0 Å². The van der Waals surface area contributed by atoms with Crippen LogP contribution in [0.15, 0.2) is 441 Å². The molecular weight excluding hydrogens is 1720 g/mol. The summed E-state index contributed by atoms with van der Waals surface area (Å²) in [5.74, 6) is 2.71. The van der Waals surface area contributed by atoms with Gasteiger partial charge in [0.1, 0.15) is 23.0 Å². The van der Waals surface area contributed by atoms with E-state index in [1.54, 1.807) is 57.7 Å². The number of fused-ring (bicyclic) bond motifs is 17. The van der Waals surface area contributed by atoms with Crippen LogP contribution in [0.3, 0.4) is 0 Å². The third-order valence-electron chi connectivity index (χ3n) is 23.4. The molecule has 0 spiro atoms. The zero-order valence-corrected chi connectivity index (χ0v) is 75.1. The van der Waals surface area contributed by atoms with Crippen molar-refractivity contribution in [2.45, 2.75) is 13.3 Å². The van der Waals surface area contributed by atoms with Gasteiger partial charge in [0.25, 0.3) is 11.4 Å². The summed E-state index contributed by atoms with van der Waals surface area (Å²) >= 11 is 3.11. The van der Waals surface area contributed by atoms with Gasteiger partial charge >= 0.3 is 7.12 Å². The Morgan fingerprint density at radius 1 is 0.333 bits per heavy atom. The van der Waals surface area contributed by atoms with Crippen molar-refractivity contribution in [3.8, 4) is 56.6 Å². The van der Waals surface area contributed by atoms with Gasteiger partial charge in [0.05, 0.1) is 63.3 Å². The van der Waals surface area contributed by atoms with Crippen LogP contribution in [0.25, 0.3) is 131 Å². The van der Waals surface area contributed by atoms with Crippen LogP contribution in [0, 0.1) is 27.2 Å². The molecule has 23 rings (SSSR count). The van der Waals surface area contributed by atoms with E-state index in [0.717, 1.165) is 72.7 Å². The largest absolute Gasteiger partial charge is 0.508 e. The Kier molecular flexibility index (Phi) is 27.2. The van der Waals surface area contributed by atoms with Gasteiger partial charge < -0.3 is 38.5 Å². The summed E-state index contributed by atoms with van der Waals surface area (Å²) in [5, 5.41) is 70.3. The minimum Gasteiger partial charge on any atom is -0.508 e. The molecule has 3 N–H and O–H groups in total. The molecule has 0 aliphatic heterocycles. The molecule has 0 bridgehead atoms. The first-order valence-corrected chi connectivity index (χ1v) is 45.2. The highest BCUT2D eigenvalue weighted by molar-refractivity contribution is 9.10. The second-order valence-electron chi connectivity index (χ2n) is 31.5. The normalized spacial score (nSPS) is 11.0. The summed E-state index contributed by atoms with van der Waals surface area (Å²) < 4.78 is 21.2. The number of phenols is 1. The number of benzene rings is 20. The Hall–Kier alpha value is -15.8. The third kappa shape index (κ3) is 19.0. The number of halogens is 1. The molecule has 22 aromatic rings. The molecule has 0 atom stereocenters. The number of aryl methyl sites for hydroxylation is 1. The molecule has 0 fully saturated rings. The molecule has 1 aliphatic rings. The van der Waals surface area contributed by atoms with E-state index < -0.39 is 20.0 Å². The number of hydrogen-bond donors (Lipinski definition) is 3. The lowest BCUT2D eigenvalue weighted by Gasteiger charge is -2.18. The Labute approximate surface area is 773 Å². The number of hydrogen-bond acceptors (Lipinski definition) is 10. The highest BCUT2D eigenvalue weighted by Gasteiger charge is 2.24. The van der Waals surface area contributed by atoms with E-state index in [2.05, 4.69) is 304 Å². The fraction of sp³-hybridized carbons (Fsp3) is 0.0435. The Morgan fingerprint density at radius 2 is 0.712 bits per heavy atom. The molecule has 0 radical (unpaired) electrons. The third-order valence-corrected chi connectivity index (χ3v) is 26.5. The Morgan fingerprint density at radius 3 is 1.22 bits per heavy atom. The zero-order chi connectivity index (χ0) is 91.1. The summed E-state index contributed by atoms with van der Waals surface area (Å²) in [5.41, 5.74) is 15.6. The number of phenolic OH excluding ortho intramolecular Hbond substituents is 1. The van der Waals surface area contributed by atoms with Crippen molar-refractivity contribution >= 4 is 161 Å². The summed E-state index contributed by atoms with van der Waals surface area (Å²) in [6.45, 7) is 1.88. The minimum absolute atomic E-state index is 0.0761. The quantitative estimate of drug-likeness (QED) is 0.0460. The molecular formula is C115H89BBrN4O10P. The lowest BCUT2D eigenvalue weighted by Crippen LogP contribution is -2.30. The monoisotopic (exact) mass is 1810 g/mol. The molecule has 0 unspecified atom stereocenters. The zero-order valence-electron chi connectivity index (χ0n) is 72.7. The standard InChI is InChI=1S/C23H17NO.C22H15NO.C18H14O.C18H15P.C17H13NO3.C10H9BO2.C7H6BrNO2/c1-25-18-12-14-21-20(15-18)23-19-10-6-5-7-16(19)11-13-22(23)24(21)17-8-3-2-4-9-17;24-17-11-13-20-19(14-17)22-18-9-5-4-6-15(18)10-12-21(22)23(20)16-7-2-1-3-8-16;1-19-15-9-8-13-10-14-7-6-12-4-2-3-5-16(12)18(14)17(13)11-15;1-4-10-16(11-5-1)19(17-12-6-2-7-13-17)18-14-8-3-9-15-18;1-21-13-9-10-17(18(19)20)16(11-13)15-8-4-6-12-5-2-3-7-14(12)15;12-11(13)10-7-3-5-8-4-1-2-6-9(8)10;1-5-2-3-7(9(10)11)6(8)4-5/h2-15H,1H3;1-14,24H;2-9,11H,10H2,1H3;1-15H;2-11H,1H3;1-7,12-13H;2-4H,1H3. The van der Waals surface area contributed by atoms with Gasteiger partial charge in [-0.25, -0.2) is 0 Å². The van der Waals surface area contributed by atoms with Crippen LogP contribution in [-0.4, -0.2) is 62.6 Å². The van der Waals surface area contributed by atoms with Crippen LogP contribution in [0.1, 0.15) is 16.7 Å². The van der Waals surface area contributed by atoms with E-state index in [9.17, 15) is 25.3 Å². The molecule has 644 valence electrons. The van der Waals surface area contributed by atoms with Gasteiger partial charge in [-0.1, -0.05) is 322 Å². The molecule has 0 saturated heterocycles. The van der Waals surface area contributed by atoms with Crippen molar-refractivity contribution in [3.05, 3.63) is 478 Å². The number of methoxy groups -OCH3 is 3. The van der Waals surface area contributed by atoms with Crippen molar-refractivity contribution in [2.75, 3.05) is 21.3 Å². The second kappa shape index (κ2) is 40.7. The van der Waals surface area contributed by atoms with E-state index in [4.69, 9.17) is 24.3 Å². The Bertz CT molecular complexity index is 7820. The van der Waals surface area contributed by atoms with Gasteiger partial charge in [0, 0.05) is 45.1 Å². The van der Waals surface area contributed by atoms with E-state index in [0.29, 0.717) is 27.0 Å². The Balaban J connectivity index is 0.000000109. The predicted octanol–water partition coefficient (Wildman–Crippen LogP) is 27.1. The molecule has 0 saturated carbocycles. The maximum Gasteiger partial charge on any atom is 0.489 e. The highest BCUT2D eigenvalue weighted by atomic mass is 79.9. The van der Waals surface area contributed by atoms with Crippen LogP contribution in [0.5, 0.6) is 23.0 Å². The number of nitro benzene ring substituents is 2. The van der Waals surface area contributed by atoms with E-state index >= 15 is 0 Å². The van der Waals surface area contributed by atoms with Gasteiger partial charge in [0.2, 0.25) is 0 Å². The summed E-state index contributed by atoms with van der Waals surface area (Å²) in [6, 6.07) is 147. The molecule has 0 amide bonds. The molecule has 17 heteroatoms. The number of para-hydroxylation sites is 2. The fourth-order valence-corrected chi connectivity index (χ4v) is 20.3. The smallest absolute Gasteiger partial charge is 0.489 e. The highest BCUT2D eigenvalue weighted by Crippen LogP contribution is 2.45. The number of nitro groups is 2. The first kappa shape index (κ1) is 88.2. The van der Waals surface area contributed by atoms with Gasteiger partial charge in [-0.05, 0) is 249 Å². The van der Waals surface area contributed by atoms with Crippen molar-refractivity contribution in [2.24, 2.45) is 0 Å². The van der Waals surface area contributed by atoms with Crippen molar-refractivity contribution in [3.63, 3.8) is 0 Å². The predicted molar refractivity (Wildman–Crippen MR) is 551 cm³/mol. The molecule has 132 heavy (non-hydrogen) atoms. The summed E-state index contributed by atoms with van der Waals surface area (Å²) in [4.78, 5) is 20.8. The van der Waals surface area contributed by atoms with Crippen LogP contribution in [0.4, 0.5) is 11.4 Å². The number of nitrogens with zero attached hydrogens (tertiary/aromatic N) is 4.